The highest BCUT2D eigenvalue weighted by Crippen LogP contribution is 2.30. The second-order valence-electron chi connectivity index (χ2n) is 5.38. The molecule has 1 amide bonds. The van der Waals surface area contributed by atoms with Gasteiger partial charge in [0.1, 0.15) is 13.2 Å². The molecule has 3 rings (SSSR count). The SMILES string of the molecule is C/C(=N/NC(=O)Cc1cc(=O)[nH]c(=S)[nH]1)c1ccc2c(c1)OCCO2. The lowest BCUT2D eigenvalue weighted by atomic mass is 10.1. The summed E-state index contributed by atoms with van der Waals surface area (Å²) in [6.07, 6.45) is -0.0362. The Bertz CT molecular complexity index is 919. The fourth-order valence-corrected chi connectivity index (χ4v) is 2.54. The molecule has 1 aromatic carbocycles. The van der Waals surface area contributed by atoms with Gasteiger partial charge in [0.2, 0.25) is 5.91 Å². The Morgan fingerprint density at radius 2 is 2.00 bits per heavy atom. The minimum absolute atomic E-state index is 0.0362. The standard InChI is InChI=1S/C16H16N4O4S/c1-9(10-2-3-12-13(6-10)24-5-4-23-12)19-20-15(22)8-11-7-14(21)18-16(25)17-11/h2-3,6-7H,4-5,8H2,1H3,(H,20,22)(H2,17,18,21,25)/b19-9-. The molecule has 0 radical (unpaired) electrons. The predicted octanol–water partition coefficient (Wildman–Crippen LogP) is 1.29. The minimum Gasteiger partial charge on any atom is -0.486 e. The van der Waals surface area contributed by atoms with Crippen LogP contribution < -0.4 is 20.5 Å². The van der Waals surface area contributed by atoms with Crippen LogP contribution in [0.25, 0.3) is 0 Å². The van der Waals surface area contributed by atoms with E-state index in [1.165, 1.54) is 6.07 Å². The van der Waals surface area contributed by atoms with Gasteiger partial charge in [-0.3, -0.25) is 14.6 Å². The third kappa shape index (κ3) is 4.32. The number of hydrogen-bond donors (Lipinski definition) is 3. The number of aromatic amines is 2. The fraction of sp³-hybridized carbons (Fsp3) is 0.250. The first-order valence-corrected chi connectivity index (χ1v) is 7.98. The van der Waals surface area contributed by atoms with Crippen LogP contribution in [0.1, 0.15) is 18.2 Å². The second kappa shape index (κ2) is 7.31. The molecule has 8 nitrogen and oxygen atoms in total. The smallest absolute Gasteiger partial charge is 0.251 e. The molecule has 0 bridgehead atoms. The van der Waals surface area contributed by atoms with E-state index < -0.39 is 0 Å². The Morgan fingerprint density at radius 1 is 1.24 bits per heavy atom. The number of carbonyl (C=O) groups excluding carboxylic acids is 1. The molecule has 1 aliphatic rings. The Morgan fingerprint density at radius 3 is 2.76 bits per heavy atom. The maximum absolute atomic E-state index is 12.0. The first-order chi connectivity index (χ1) is 12.0. The molecule has 0 atom stereocenters. The van der Waals surface area contributed by atoms with Crippen molar-refractivity contribution in [1.29, 1.82) is 0 Å². The Hall–Kier alpha value is -2.94. The number of amides is 1. The van der Waals surface area contributed by atoms with E-state index in [4.69, 9.17) is 21.7 Å². The largest absolute Gasteiger partial charge is 0.486 e. The van der Waals surface area contributed by atoms with Crippen molar-refractivity contribution in [3.05, 3.63) is 50.6 Å². The Kier molecular flexibility index (Phi) is 4.94. The van der Waals surface area contributed by atoms with Crippen molar-refractivity contribution < 1.29 is 14.3 Å². The number of fused-ring (bicyclic) bond motifs is 1. The monoisotopic (exact) mass is 360 g/mol. The van der Waals surface area contributed by atoms with Crippen LogP contribution in [0.4, 0.5) is 0 Å². The van der Waals surface area contributed by atoms with Crippen LogP contribution in [0.3, 0.4) is 0 Å². The third-order valence-electron chi connectivity index (χ3n) is 3.48. The van der Waals surface area contributed by atoms with Crippen LogP contribution in [-0.4, -0.2) is 34.8 Å². The lowest BCUT2D eigenvalue weighted by Crippen LogP contribution is -2.23. The molecule has 2 aromatic rings. The molecule has 2 heterocycles. The first kappa shape index (κ1) is 16.9. The molecule has 1 aliphatic heterocycles. The third-order valence-corrected chi connectivity index (χ3v) is 3.68. The van der Waals surface area contributed by atoms with Crippen molar-refractivity contribution in [2.75, 3.05) is 13.2 Å². The molecule has 0 spiro atoms. The van der Waals surface area contributed by atoms with E-state index in [9.17, 15) is 9.59 Å². The second-order valence-corrected chi connectivity index (χ2v) is 5.79. The van der Waals surface area contributed by atoms with E-state index >= 15 is 0 Å². The van der Waals surface area contributed by atoms with Gasteiger partial charge in [0.15, 0.2) is 16.3 Å². The van der Waals surface area contributed by atoms with Crippen molar-refractivity contribution in [2.45, 2.75) is 13.3 Å². The van der Waals surface area contributed by atoms with Crippen molar-refractivity contribution in [3.8, 4) is 11.5 Å². The molecular formula is C16H16N4O4S. The Balaban J connectivity index is 1.67. The number of nitrogens with one attached hydrogen (secondary N) is 3. The number of rotatable bonds is 4. The number of benzene rings is 1. The predicted molar refractivity (Wildman–Crippen MR) is 93.7 cm³/mol. The van der Waals surface area contributed by atoms with E-state index in [0.29, 0.717) is 36.1 Å². The van der Waals surface area contributed by atoms with Crippen LogP contribution in [0, 0.1) is 4.77 Å². The van der Waals surface area contributed by atoms with E-state index in [1.807, 2.05) is 12.1 Å². The average molecular weight is 360 g/mol. The maximum atomic E-state index is 12.0. The summed E-state index contributed by atoms with van der Waals surface area (Å²) in [6.45, 7) is 2.80. The van der Waals surface area contributed by atoms with Crippen molar-refractivity contribution in [2.24, 2.45) is 5.10 Å². The fourth-order valence-electron chi connectivity index (χ4n) is 2.31. The van der Waals surface area contributed by atoms with E-state index in [1.54, 1.807) is 13.0 Å². The van der Waals surface area contributed by atoms with Crippen LogP contribution in [-0.2, 0) is 11.2 Å². The summed E-state index contributed by atoms with van der Waals surface area (Å²) in [5, 5.41) is 4.08. The zero-order chi connectivity index (χ0) is 17.8. The van der Waals surface area contributed by atoms with Gasteiger partial charge in [-0.05, 0) is 37.3 Å². The van der Waals surface area contributed by atoms with Gasteiger partial charge in [-0.25, -0.2) is 5.43 Å². The van der Waals surface area contributed by atoms with E-state index in [2.05, 4.69) is 20.5 Å². The lowest BCUT2D eigenvalue weighted by molar-refractivity contribution is -0.120. The maximum Gasteiger partial charge on any atom is 0.251 e. The molecule has 0 fully saturated rings. The summed E-state index contributed by atoms with van der Waals surface area (Å²) in [5.41, 5.74) is 3.94. The van der Waals surface area contributed by atoms with Gasteiger partial charge < -0.3 is 14.5 Å². The summed E-state index contributed by atoms with van der Waals surface area (Å²) >= 11 is 4.87. The van der Waals surface area contributed by atoms with Gasteiger partial charge in [-0.15, -0.1) is 0 Å². The molecular weight excluding hydrogens is 344 g/mol. The van der Waals surface area contributed by atoms with Gasteiger partial charge in [0, 0.05) is 17.3 Å². The summed E-state index contributed by atoms with van der Waals surface area (Å²) in [5.74, 6) is 0.977. The zero-order valence-electron chi connectivity index (χ0n) is 13.4. The molecule has 25 heavy (non-hydrogen) atoms. The van der Waals surface area contributed by atoms with E-state index in [-0.39, 0.29) is 22.7 Å². The number of carbonyl (C=O) groups is 1. The van der Waals surface area contributed by atoms with Crippen molar-refractivity contribution in [1.82, 2.24) is 15.4 Å². The molecule has 0 saturated heterocycles. The average Bonchev–Trinajstić information content (AvgIpc) is 2.58. The number of hydrogen-bond acceptors (Lipinski definition) is 6. The molecule has 130 valence electrons. The zero-order valence-corrected chi connectivity index (χ0v) is 14.2. The molecule has 0 aliphatic carbocycles. The highest BCUT2D eigenvalue weighted by molar-refractivity contribution is 7.71. The molecule has 1 aromatic heterocycles. The van der Waals surface area contributed by atoms with E-state index in [0.717, 1.165) is 5.56 Å². The van der Waals surface area contributed by atoms with Crippen LogP contribution in [0.2, 0.25) is 0 Å². The quantitative estimate of drug-likeness (QED) is 0.432. The highest BCUT2D eigenvalue weighted by Gasteiger charge is 2.13. The number of hydrazone groups is 1. The van der Waals surface area contributed by atoms with Crippen molar-refractivity contribution in [3.63, 3.8) is 0 Å². The van der Waals surface area contributed by atoms with Gasteiger partial charge in [0.05, 0.1) is 12.1 Å². The molecule has 0 unspecified atom stereocenters. The Labute approximate surface area is 147 Å². The molecule has 0 saturated carbocycles. The molecule has 9 heteroatoms. The van der Waals surface area contributed by atoms with Gasteiger partial charge in [0.25, 0.3) is 5.56 Å². The van der Waals surface area contributed by atoms with Crippen LogP contribution >= 0.6 is 12.2 Å². The summed E-state index contributed by atoms with van der Waals surface area (Å²) in [6, 6.07) is 6.74. The summed E-state index contributed by atoms with van der Waals surface area (Å²) < 4.78 is 11.2. The van der Waals surface area contributed by atoms with Gasteiger partial charge in [-0.2, -0.15) is 5.10 Å². The minimum atomic E-state index is -0.367. The first-order valence-electron chi connectivity index (χ1n) is 7.57. The van der Waals surface area contributed by atoms with Gasteiger partial charge in [-0.1, -0.05) is 0 Å². The van der Waals surface area contributed by atoms with Crippen LogP contribution in [0.5, 0.6) is 11.5 Å². The highest BCUT2D eigenvalue weighted by atomic mass is 32.1. The number of H-pyrrole nitrogens is 2. The van der Waals surface area contributed by atoms with Crippen molar-refractivity contribution >= 4 is 23.8 Å². The van der Waals surface area contributed by atoms with Gasteiger partial charge >= 0.3 is 0 Å². The summed E-state index contributed by atoms with van der Waals surface area (Å²) in [4.78, 5) is 28.5. The van der Waals surface area contributed by atoms with Crippen LogP contribution in [0.15, 0.2) is 34.2 Å². The summed E-state index contributed by atoms with van der Waals surface area (Å²) in [7, 11) is 0. The lowest BCUT2D eigenvalue weighted by Gasteiger charge is -2.18. The molecule has 3 N–H and O–H groups in total. The number of ether oxygens (including phenoxy) is 2. The normalized spacial score (nSPS) is 13.4. The number of nitrogens with zero attached hydrogens (tertiary/aromatic N) is 1. The number of aromatic nitrogens is 2. The topological polar surface area (TPSA) is 109 Å².